The fourth-order valence-electron chi connectivity index (χ4n) is 3.72. The summed E-state index contributed by atoms with van der Waals surface area (Å²) < 4.78 is 41.8. The third kappa shape index (κ3) is 6.48. The number of hydrogen-bond donors (Lipinski definition) is 1. The van der Waals surface area contributed by atoms with Gasteiger partial charge in [-0.25, -0.2) is 12.8 Å². The van der Waals surface area contributed by atoms with Crippen LogP contribution in [0.15, 0.2) is 83.8 Å². The van der Waals surface area contributed by atoms with Gasteiger partial charge in [0.1, 0.15) is 18.4 Å². The van der Waals surface area contributed by atoms with Gasteiger partial charge in [0.2, 0.25) is 11.8 Å². The molecule has 1 N–H and O–H groups in total. The van der Waals surface area contributed by atoms with Crippen LogP contribution < -0.4 is 9.62 Å². The number of benzene rings is 3. The standard InChI is InChI=1S/C27H30FN3O4S/c1-4-29-27(33)21(3)30(18-22-13-15-23(28)16-14-22)26(32)19-31(24-10-8-9-20(2)17-24)36(34,35)25-11-6-5-7-12-25/h5-17,21H,4,18-19H2,1-3H3,(H,29,33). The lowest BCUT2D eigenvalue weighted by molar-refractivity contribution is -0.139. The van der Waals surface area contributed by atoms with Crippen LogP contribution in [0, 0.1) is 12.7 Å². The van der Waals surface area contributed by atoms with Crippen LogP contribution in [0.25, 0.3) is 0 Å². The largest absolute Gasteiger partial charge is 0.355 e. The molecule has 3 aromatic carbocycles. The van der Waals surface area contributed by atoms with E-state index < -0.39 is 34.3 Å². The zero-order valence-corrected chi connectivity index (χ0v) is 21.3. The molecule has 0 fully saturated rings. The maximum absolute atomic E-state index is 13.7. The number of rotatable bonds is 10. The van der Waals surface area contributed by atoms with E-state index in [0.29, 0.717) is 17.8 Å². The summed E-state index contributed by atoms with van der Waals surface area (Å²) in [6.07, 6.45) is 0. The van der Waals surface area contributed by atoms with E-state index in [9.17, 15) is 22.4 Å². The van der Waals surface area contributed by atoms with Crippen LogP contribution in [0.3, 0.4) is 0 Å². The Balaban J connectivity index is 2.01. The molecule has 2 amide bonds. The molecule has 0 aromatic heterocycles. The fraction of sp³-hybridized carbons (Fsp3) is 0.259. The van der Waals surface area contributed by atoms with Gasteiger partial charge >= 0.3 is 0 Å². The number of sulfonamides is 1. The van der Waals surface area contributed by atoms with Crippen LogP contribution in [0.5, 0.6) is 0 Å². The highest BCUT2D eigenvalue weighted by molar-refractivity contribution is 7.92. The fourth-order valence-corrected chi connectivity index (χ4v) is 5.15. The predicted octanol–water partition coefficient (Wildman–Crippen LogP) is 3.88. The van der Waals surface area contributed by atoms with Crippen molar-refractivity contribution < 1.29 is 22.4 Å². The Labute approximate surface area is 211 Å². The van der Waals surface area contributed by atoms with Crippen LogP contribution >= 0.6 is 0 Å². The molecule has 0 heterocycles. The Morgan fingerprint density at radius 1 is 0.972 bits per heavy atom. The summed E-state index contributed by atoms with van der Waals surface area (Å²) in [4.78, 5) is 27.7. The molecule has 3 aromatic rings. The summed E-state index contributed by atoms with van der Waals surface area (Å²) >= 11 is 0. The smallest absolute Gasteiger partial charge is 0.264 e. The lowest BCUT2D eigenvalue weighted by Gasteiger charge is -2.32. The van der Waals surface area contributed by atoms with Gasteiger partial charge in [-0.1, -0.05) is 42.5 Å². The van der Waals surface area contributed by atoms with Gasteiger partial charge in [-0.3, -0.25) is 13.9 Å². The second-order valence-corrected chi connectivity index (χ2v) is 10.2. The topological polar surface area (TPSA) is 86.8 Å². The van der Waals surface area contributed by atoms with E-state index >= 15 is 0 Å². The van der Waals surface area contributed by atoms with E-state index in [1.807, 2.05) is 13.0 Å². The molecule has 9 heteroatoms. The number of carbonyl (C=O) groups excluding carboxylic acids is 2. The first kappa shape index (κ1) is 26.9. The van der Waals surface area contributed by atoms with Gasteiger partial charge in [0, 0.05) is 13.1 Å². The minimum Gasteiger partial charge on any atom is -0.355 e. The van der Waals surface area contributed by atoms with E-state index in [4.69, 9.17) is 0 Å². The Bertz CT molecular complexity index is 1300. The number of nitrogens with one attached hydrogen (secondary N) is 1. The van der Waals surface area contributed by atoms with E-state index in [0.717, 1.165) is 9.87 Å². The summed E-state index contributed by atoms with van der Waals surface area (Å²) in [5, 5.41) is 2.70. The number of nitrogens with zero attached hydrogens (tertiary/aromatic N) is 2. The Morgan fingerprint density at radius 2 is 1.64 bits per heavy atom. The Hall–Kier alpha value is -3.72. The summed E-state index contributed by atoms with van der Waals surface area (Å²) in [6.45, 7) is 5.03. The van der Waals surface area contributed by atoms with Crippen molar-refractivity contribution in [2.45, 2.75) is 38.3 Å². The molecule has 0 spiro atoms. The number of amides is 2. The zero-order chi connectivity index (χ0) is 26.3. The van der Waals surface area contributed by atoms with Crippen molar-refractivity contribution in [2.24, 2.45) is 0 Å². The number of anilines is 1. The van der Waals surface area contributed by atoms with Crippen LogP contribution in [-0.2, 0) is 26.2 Å². The molecule has 0 saturated heterocycles. The highest BCUT2D eigenvalue weighted by atomic mass is 32.2. The highest BCUT2D eigenvalue weighted by Gasteiger charge is 2.32. The van der Waals surface area contributed by atoms with Crippen LogP contribution in [-0.4, -0.2) is 44.3 Å². The van der Waals surface area contributed by atoms with Crippen molar-refractivity contribution in [1.82, 2.24) is 10.2 Å². The van der Waals surface area contributed by atoms with Gasteiger partial charge in [-0.15, -0.1) is 0 Å². The lowest BCUT2D eigenvalue weighted by atomic mass is 10.1. The molecular formula is C27H30FN3O4S. The molecule has 7 nitrogen and oxygen atoms in total. The molecule has 0 bridgehead atoms. The van der Waals surface area contributed by atoms with Gasteiger partial charge in [-0.05, 0) is 68.3 Å². The van der Waals surface area contributed by atoms with Crippen LogP contribution in [0.4, 0.5) is 10.1 Å². The summed E-state index contributed by atoms with van der Waals surface area (Å²) in [7, 11) is -4.10. The number of aryl methyl sites for hydroxylation is 1. The second kappa shape index (κ2) is 11.8. The number of halogens is 1. The van der Waals surface area contributed by atoms with Crippen molar-refractivity contribution in [2.75, 3.05) is 17.4 Å². The molecule has 0 aliphatic carbocycles. The van der Waals surface area contributed by atoms with Crippen molar-refractivity contribution in [3.8, 4) is 0 Å². The lowest BCUT2D eigenvalue weighted by Crippen LogP contribution is -2.51. The molecule has 1 atom stereocenters. The average Bonchev–Trinajstić information content (AvgIpc) is 2.87. The first-order chi connectivity index (χ1) is 17.1. The first-order valence-electron chi connectivity index (χ1n) is 11.6. The van der Waals surface area contributed by atoms with Gasteiger partial charge in [0.15, 0.2) is 0 Å². The molecule has 1 unspecified atom stereocenters. The molecule has 3 rings (SSSR count). The maximum Gasteiger partial charge on any atom is 0.264 e. The summed E-state index contributed by atoms with van der Waals surface area (Å²) in [5.41, 5.74) is 1.76. The second-order valence-electron chi connectivity index (χ2n) is 8.38. The number of hydrogen-bond acceptors (Lipinski definition) is 4. The normalized spacial score (nSPS) is 12.0. The first-order valence-corrected chi connectivity index (χ1v) is 13.0. The molecule has 0 saturated carbocycles. The molecule has 190 valence electrons. The third-order valence-electron chi connectivity index (χ3n) is 5.68. The third-order valence-corrected chi connectivity index (χ3v) is 7.47. The zero-order valence-electron chi connectivity index (χ0n) is 20.5. The molecule has 0 radical (unpaired) electrons. The molecule has 0 aliphatic rings. The van der Waals surface area contributed by atoms with Crippen molar-refractivity contribution in [3.63, 3.8) is 0 Å². The quantitative estimate of drug-likeness (QED) is 0.448. The Kier molecular flexibility index (Phi) is 8.82. The summed E-state index contributed by atoms with van der Waals surface area (Å²) in [5.74, 6) is -1.37. The number of carbonyl (C=O) groups is 2. The minimum absolute atomic E-state index is 0.00442. The molecule has 36 heavy (non-hydrogen) atoms. The van der Waals surface area contributed by atoms with Gasteiger partial charge in [-0.2, -0.15) is 0 Å². The summed E-state index contributed by atoms with van der Waals surface area (Å²) in [6, 6.07) is 19.4. The average molecular weight is 512 g/mol. The molecule has 0 aliphatic heterocycles. The van der Waals surface area contributed by atoms with Gasteiger partial charge in [0.05, 0.1) is 10.6 Å². The highest BCUT2D eigenvalue weighted by Crippen LogP contribution is 2.25. The van der Waals surface area contributed by atoms with Crippen molar-refractivity contribution in [1.29, 1.82) is 0 Å². The van der Waals surface area contributed by atoms with Crippen LogP contribution in [0.2, 0.25) is 0 Å². The monoisotopic (exact) mass is 511 g/mol. The minimum atomic E-state index is -4.10. The maximum atomic E-state index is 13.7. The van der Waals surface area contributed by atoms with Crippen molar-refractivity contribution >= 4 is 27.5 Å². The van der Waals surface area contributed by atoms with Crippen molar-refractivity contribution in [3.05, 3.63) is 95.8 Å². The van der Waals surface area contributed by atoms with Gasteiger partial charge in [0.25, 0.3) is 10.0 Å². The van der Waals surface area contributed by atoms with E-state index in [2.05, 4.69) is 5.32 Å². The van der Waals surface area contributed by atoms with E-state index in [1.54, 1.807) is 50.2 Å². The Morgan fingerprint density at radius 3 is 2.25 bits per heavy atom. The predicted molar refractivity (Wildman–Crippen MR) is 137 cm³/mol. The van der Waals surface area contributed by atoms with Gasteiger partial charge < -0.3 is 10.2 Å². The molecular weight excluding hydrogens is 481 g/mol. The van der Waals surface area contributed by atoms with E-state index in [1.165, 1.54) is 41.3 Å². The van der Waals surface area contributed by atoms with Crippen LogP contribution in [0.1, 0.15) is 25.0 Å². The van der Waals surface area contributed by atoms with E-state index in [-0.39, 0.29) is 17.3 Å². The number of likely N-dealkylation sites (N-methyl/N-ethyl adjacent to an activating group) is 1. The SMILES string of the molecule is CCNC(=O)C(C)N(Cc1ccc(F)cc1)C(=O)CN(c1cccc(C)c1)S(=O)(=O)c1ccccc1.